The van der Waals surface area contributed by atoms with Crippen molar-refractivity contribution < 1.29 is 4.92 Å². The maximum absolute atomic E-state index is 10.8. The van der Waals surface area contributed by atoms with Gasteiger partial charge in [0.05, 0.1) is 11.1 Å². The van der Waals surface area contributed by atoms with Gasteiger partial charge in [0.2, 0.25) is 0 Å². The summed E-state index contributed by atoms with van der Waals surface area (Å²) in [5, 5.41) is 14.9. The highest BCUT2D eigenvalue weighted by Gasteiger charge is 2.15. The van der Waals surface area contributed by atoms with E-state index in [1.54, 1.807) is 23.7 Å². The molecule has 0 saturated carbocycles. The van der Waals surface area contributed by atoms with Gasteiger partial charge in [-0.3, -0.25) is 15.5 Å². The van der Waals surface area contributed by atoms with E-state index < -0.39 is 4.92 Å². The lowest BCUT2D eigenvalue weighted by Crippen LogP contribution is -2.24. The molecular weight excluding hydrogens is 328 g/mol. The number of halogens is 1. The quantitative estimate of drug-likeness (QED) is 0.380. The smallest absolute Gasteiger partial charge is 0.270 e. The molecule has 2 rings (SSSR count). The molecule has 0 atom stereocenters. The molecule has 1 aromatic carbocycles. The van der Waals surface area contributed by atoms with E-state index in [1.165, 1.54) is 18.3 Å². The third kappa shape index (κ3) is 3.38. The predicted octanol–water partition coefficient (Wildman–Crippen LogP) is 1.82. The molecule has 1 heterocycles. The normalized spacial score (nSPS) is 10.8. The van der Waals surface area contributed by atoms with Crippen molar-refractivity contribution in [3.63, 3.8) is 0 Å². The summed E-state index contributed by atoms with van der Waals surface area (Å²) >= 11 is 10.7. The molecule has 22 heavy (non-hydrogen) atoms. The Morgan fingerprint density at radius 2 is 2.36 bits per heavy atom. The average molecular weight is 339 g/mol. The van der Waals surface area contributed by atoms with Gasteiger partial charge in [-0.25, -0.2) is 4.98 Å². The first kappa shape index (κ1) is 15.9. The van der Waals surface area contributed by atoms with Crippen LogP contribution in [0.2, 0.25) is 5.15 Å². The number of nitro benzene ring substituents is 1. The Morgan fingerprint density at radius 3 is 3.00 bits per heavy atom. The Labute approximate surface area is 135 Å². The Kier molecular flexibility index (Phi) is 4.68. The van der Waals surface area contributed by atoms with Gasteiger partial charge in [-0.05, 0) is 12.2 Å². The number of nitrogens with two attached hydrogens (primary N) is 1. The van der Waals surface area contributed by atoms with Crippen LogP contribution in [0.25, 0.3) is 11.4 Å². The van der Waals surface area contributed by atoms with Crippen molar-refractivity contribution in [3.05, 3.63) is 45.2 Å². The van der Waals surface area contributed by atoms with Gasteiger partial charge >= 0.3 is 0 Å². The van der Waals surface area contributed by atoms with Crippen LogP contribution in [0, 0.1) is 10.1 Å². The van der Waals surface area contributed by atoms with Crippen LogP contribution in [0.5, 0.6) is 0 Å². The maximum atomic E-state index is 10.8. The number of aromatic nitrogens is 2. The second-order valence-corrected chi connectivity index (χ2v) is 5.01. The van der Waals surface area contributed by atoms with E-state index in [0.29, 0.717) is 17.1 Å². The number of hydrogen-bond acceptors (Lipinski definition) is 5. The fourth-order valence-electron chi connectivity index (χ4n) is 1.79. The number of benzene rings is 1. The fraction of sp³-hybridized carbons (Fsp3) is 0.0833. The van der Waals surface area contributed by atoms with E-state index in [2.05, 4.69) is 27.7 Å². The van der Waals surface area contributed by atoms with Crippen LogP contribution in [0.15, 0.2) is 29.4 Å². The van der Waals surface area contributed by atoms with Gasteiger partial charge in [0.15, 0.2) is 10.3 Å². The van der Waals surface area contributed by atoms with Crippen molar-refractivity contribution in [2.75, 3.05) is 0 Å². The predicted molar refractivity (Wildman–Crippen MR) is 87.8 cm³/mol. The van der Waals surface area contributed by atoms with Gasteiger partial charge in [0.1, 0.15) is 11.5 Å². The molecule has 1 aromatic heterocycles. The Balaban J connectivity index is 2.41. The van der Waals surface area contributed by atoms with Gasteiger partial charge in [-0.1, -0.05) is 23.7 Å². The van der Waals surface area contributed by atoms with Gasteiger partial charge < -0.3 is 10.3 Å². The minimum absolute atomic E-state index is 0.0217. The summed E-state index contributed by atoms with van der Waals surface area (Å²) in [7, 11) is 1.72. The number of rotatable bonds is 4. The van der Waals surface area contributed by atoms with E-state index in [0.717, 1.165) is 0 Å². The first-order valence-electron chi connectivity index (χ1n) is 5.95. The number of non-ortho nitro benzene ring substituents is 1. The van der Waals surface area contributed by atoms with Crippen LogP contribution in [0.1, 0.15) is 5.69 Å². The lowest BCUT2D eigenvalue weighted by molar-refractivity contribution is -0.384. The molecule has 2 aromatic rings. The first-order chi connectivity index (χ1) is 10.4. The van der Waals surface area contributed by atoms with Gasteiger partial charge in [-0.15, -0.1) is 0 Å². The summed E-state index contributed by atoms with van der Waals surface area (Å²) < 4.78 is 1.66. The van der Waals surface area contributed by atoms with Crippen molar-refractivity contribution in [1.82, 2.24) is 15.0 Å². The van der Waals surface area contributed by atoms with Gasteiger partial charge in [0, 0.05) is 24.7 Å². The molecular formula is C12H11ClN6O2S. The Bertz CT molecular complexity index is 773. The topological polar surface area (TPSA) is 111 Å². The van der Waals surface area contributed by atoms with E-state index >= 15 is 0 Å². The van der Waals surface area contributed by atoms with Crippen LogP contribution in [-0.2, 0) is 7.05 Å². The first-order valence-corrected chi connectivity index (χ1v) is 6.74. The van der Waals surface area contributed by atoms with Crippen LogP contribution in [-0.4, -0.2) is 25.8 Å². The van der Waals surface area contributed by atoms with Crippen LogP contribution >= 0.6 is 23.8 Å². The summed E-state index contributed by atoms with van der Waals surface area (Å²) in [5.74, 6) is 0.477. The second-order valence-electron chi connectivity index (χ2n) is 4.21. The molecule has 0 saturated heterocycles. The van der Waals surface area contributed by atoms with Crippen molar-refractivity contribution in [1.29, 1.82) is 0 Å². The lowest BCUT2D eigenvalue weighted by atomic mass is 10.2. The van der Waals surface area contributed by atoms with Gasteiger partial charge in [-0.2, -0.15) is 5.10 Å². The van der Waals surface area contributed by atoms with E-state index in [-0.39, 0.29) is 16.0 Å². The molecule has 0 aliphatic heterocycles. The van der Waals surface area contributed by atoms with Gasteiger partial charge in [0.25, 0.3) is 5.69 Å². The van der Waals surface area contributed by atoms with E-state index in [9.17, 15) is 10.1 Å². The molecule has 0 amide bonds. The zero-order valence-corrected chi connectivity index (χ0v) is 12.9. The molecule has 114 valence electrons. The molecule has 3 N–H and O–H groups in total. The monoisotopic (exact) mass is 338 g/mol. The molecule has 8 nitrogen and oxygen atoms in total. The summed E-state index contributed by atoms with van der Waals surface area (Å²) in [6.07, 6.45) is 1.41. The van der Waals surface area contributed by atoms with Crippen molar-refractivity contribution in [2.24, 2.45) is 17.9 Å². The number of nitrogens with zero attached hydrogens (tertiary/aromatic N) is 4. The summed E-state index contributed by atoms with van der Waals surface area (Å²) in [6.45, 7) is 0. The van der Waals surface area contributed by atoms with Crippen LogP contribution in [0.3, 0.4) is 0 Å². The largest absolute Gasteiger partial charge is 0.375 e. The molecule has 0 bridgehead atoms. The van der Waals surface area contributed by atoms with E-state index in [1.807, 2.05) is 0 Å². The highest BCUT2D eigenvalue weighted by atomic mass is 35.5. The minimum atomic E-state index is -0.470. The Hall–Kier alpha value is -2.52. The number of imidazole rings is 1. The molecule has 0 unspecified atom stereocenters. The molecule has 0 aliphatic rings. The standard InChI is InChI=1S/C12H11ClN6O2S/c1-18-9(6-15-17-12(14)22)10(13)16-11(18)7-3-2-4-8(5-7)19(20)21/h2-6H,1H3,(H3,14,17,22)/b15-6+. The number of thiocarbonyl (C=S) groups is 1. The van der Waals surface area contributed by atoms with E-state index in [4.69, 9.17) is 17.3 Å². The Morgan fingerprint density at radius 1 is 1.64 bits per heavy atom. The number of hydrogen-bond donors (Lipinski definition) is 2. The average Bonchev–Trinajstić information content (AvgIpc) is 2.75. The molecule has 0 aliphatic carbocycles. The summed E-state index contributed by atoms with van der Waals surface area (Å²) in [5.41, 5.74) is 8.72. The fourth-order valence-corrected chi connectivity index (χ4v) is 2.10. The maximum Gasteiger partial charge on any atom is 0.270 e. The molecule has 0 fully saturated rings. The molecule has 0 spiro atoms. The third-order valence-corrected chi connectivity index (χ3v) is 3.14. The number of nitrogens with one attached hydrogen (secondary N) is 1. The highest BCUT2D eigenvalue weighted by Crippen LogP contribution is 2.26. The SMILES string of the molecule is Cn1c(-c2cccc([N+](=O)[O-])c2)nc(Cl)c1/C=N/NC(N)=S. The minimum Gasteiger partial charge on any atom is -0.375 e. The van der Waals surface area contributed by atoms with Crippen molar-refractivity contribution in [3.8, 4) is 11.4 Å². The number of nitro groups is 1. The second kappa shape index (κ2) is 6.50. The zero-order chi connectivity index (χ0) is 16.3. The van der Waals surface area contributed by atoms with Crippen LogP contribution < -0.4 is 11.2 Å². The summed E-state index contributed by atoms with van der Waals surface area (Å²) in [4.78, 5) is 14.6. The van der Waals surface area contributed by atoms with Crippen LogP contribution in [0.4, 0.5) is 5.69 Å². The molecule has 0 radical (unpaired) electrons. The summed E-state index contributed by atoms with van der Waals surface area (Å²) in [6, 6.07) is 6.12. The lowest BCUT2D eigenvalue weighted by Gasteiger charge is -2.03. The highest BCUT2D eigenvalue weighted by molar-refractivity contribution is 7.80. The third-order valence-electron chi connectivity index (χ3n) is 2.77. The van der Waals surface area contributed by atoms with Crippen molar-refractivity contribution >= 4 is 40.8 Å². The zero-order valence-electron chi connectivity index (χ0n) is 11.4. The number of hydrazone groups is 1. The molecule has 10 heteroatoms. The van der Waals surface area contributed by atoms with Crippen molar-refractivity contribution in [2.45, 2.75) is 0 Å².